The maximum atomic E-state index is 14.6. The van der Waals surface area contributed by atoms with Crippen LogP contribution in [-0.4, -0.2) is 19.9 Å². The van der Waals surface area contributed by atoms with E-state index < -0.39 is 11.4 Å². The molecule has 0 aliphatic heterocycles. The van der Waals surface area contributed by atoms with Gasteiger partial charge in [-0.15, -0.1) is 0 Å². The summed E-state index contributed by atoms with van der Waals surface area (Å²) in [4.78, 5) is 27.9. The van der Waals surface area contributed by atoms with Gasteiger partial charge in [-0.2, -0.15) is 0 Å². The van der Waals surface area contributed by atoms with E-state index in [1.807, 2.05) is 0 Å². The van der Waals surface area contributed by atoms with Gasteiger partial charge in [0, 0.05) is 16.5 Å². The summed E-state index contributed by atoms with van der Waals surface area (Å²) < 4.78 is 20.2. The molecule has 29 heavy (non-hydrogen) atoms. The Bertz CT molecular complexity index is 1410. The molecule has 0 fully saturated rings. The van der Waals surface area contributed by atoms with Gasteiger partial charge in [0.05, 0.1) is 18.3 Å². The minimum Gasteiger partial charge on any atom is -0.425 e. The average molecular weight is 387 g/mol. The summed E-state index contributed by atoms with van der Waals surface area (Å²) in [5, 5.41) is 4.14. The van der Waals surface area contributed by atoms with Crippen molar-refractivity contribution in [2.75, 3.05) is 5.32 Å². The lowest BCUT2D eigenvalue weighted by molar-refractivity contribution is 0.475. The second kappa shape index (κ2) is 6.83. The number of fused-ring (bicyclic) bond motifs is 2. The van der Waals surface area contributed by atoms with E-state index in [4.69, 9.17) is 4.42 Å². The Morgan fingerprint density at radius 1 is 1.00 bits per heavy atom. The van der Waals surface area contributed by atoms with Gasteiger partial charge in [0.25, 0.3) is 0 Å². The zero-order chi connectivity index (χ0) is 19.8. The van der Waals surface area contributed by atoms with E-state index in [0.717, 1.165) is 0 Å². The molecule has 0 saturated carbocycles. The van der Waals surface area contributed by atoms with Crippen molar-refractivity contribution < 1.29 is 8.81 Å². The molecular weight excluding hydrogens is 373 g/mol. The van der Waals surface area contributed by atoms with E-state index in [-0.39, 0.29) is 6.54 Å². The van der Waals surface area contributed by atoms with E-state index in [1.165, 1.54) is 18.7 Å². The van der Waals surface area contributed by atoms with Gasteiger partial charge in [0.15, 0.2) is 11.5 Å². The highest BCUT2D eigenvalue weighted by atomic mass is 19.1. The van der Waals surface area contributed by atoms with Gasteiger partial charge in [-0.3, -0.25) is 0 Å². The first kappa shape index (κ1) is 17.1. The van der Waals surface area contributed by atoms with Gasteiger partial charge in [-0.05, 0) is 12.1 Å². The standard InChI is InChI=1S/C21H14FN5O2/c22-15-8-4-3-7-14(15)17-12-5-1-2-6-13(12)21(28)29-16(17)9-23-19-18-20(25-10-24-18)27-11-26-19/h1-8,10-11H,9H2,(H2,23,24,25,26,27). The second-order valence-corrected chi connectivity index (χ2v) is 6.39. The van der Waals surface area contributed by atoms with Crippen molar-refractivity contribution >= 4 is 27.8 Å². The zero-order valence-electron chi connectivity index (χ0n) is 15.0. The summed E-state index contributed by atoms with van der Waals surface area (Å²) in [6.07, 6.45) is 2.92. The predicted molar refractivity (Wildman–Crippen MR) is 107 cm³/mol. The summed E-state index contributed by atoms with van der Waals surface area (Å²) in [6, 6.07) is 13.4. The van der Waals surface area contributed by atoms with Gasteiger partial charge in [-0.1, -0.05) is 36.4 Å². The van der Waals surface area contributed by atoms with Crippen LogP contribution >= 0.6 is 0 Å². The largest absolute Gasteiger partial charge is 0.425 e. The van der Waals surface area contributed by atoms with Crippen LogP contribution in [0, 0.1) is 5.82 Å². The molecule has 2 aromatic carbocycles. The number of imidazole rings is 1. The first-order valence-corrected chi connectivity index (χ1v) is 8.90. The molecule has 2 N–H and O–H groups in total. The number of aromatic amines is 1. The molecule has 5 aromatic rings. The molecule has 0 radical (unpaired) electrons. The van der Waals surface area contributed by atoms with Crippen molar-refractivity contribution in [3.8, 4) is 11.1 Å². The third kappa shape index (κ3) is 2.91. The first-order valence-electron chi connectivity index (χ1n) is 8.90. The summed E-state index contributed by atoms with van der Waals surface area (Å²) in [5.74, 6) is 0.386. The molecule has 0 unspecified atom stereocenters. The lowest BCUT2D eigenvalue weighted by Gasteiger charge is -2.13. The molecule has 0 aliphatic carbocycles. The average Bonchev–Trinajstić information content (AvgIpc) is 3.23. The van der Waals surface area contributed by atoms with Gasteiger partial charge >= 0.3 is 5.63 Å². The van der Waals surface area contributed by atoms with E-state index in [0.29, 0.717) is 44.6 Å². The quantitative estimate of drug-likeness (QED) is 0.486. The van der Waals surface area contributed by atoms with Crippen molar-refractivity contribution in [3.05, 3.63) is 83.2 Å². The second-order valence-electron chi connectivity index (χ2n) is 6.39. The minimum atomic E-state index is -0.481. The number of benzene rings is 2. The third-order valence-corrected chi connectivity index (χ3v) is 4.69. The molecule has 8 heteroatoms. The molecular formula is C21H14FN5O2. The normalized spacial score (nSPS) is 11.2. The topological polar surface area (TPSA) is 96.7 Å². The Morgan fingerprint density at radius 2 is 1.79 bits per heavy atom. The number of H-pyrrole nitrogens is 1. The SMILES string of the molecule is O=c1oc(CNc2ncnc3[nH]cnc23)c(-c2ccccc2F)c2ccccc12. The summed E-state index contributed by atoms with van der Waals surface area (Å²) in [6.45, 7) is 0.114. The number of hydrogen-bond donors (Lipinski definition) is 2. The van der Waals surface area contributed by atoms with Crippen LogP contribution in [0.1, 0.15) is 5.76 Å². The van der Waals surface area contributed by atoms with Crippen LogP contribution in [0.2, 0.25) is 0 Å². The van der Waals surface area contributed by atoms with Crippen LogP contribution in [0.4, 0.5) is 10.2 Å². The molecule has 0 spiro atoms. The molecule has 0 amide bonds. The molecule has 5 rings (SSSR count). The number of nitrogens with one attached hydrogen (secondary N) is 2. The maximum absolute atomic E-state index is 14.6. The molecule has 3 aromatic heterocycles. The van der Waals surface area contributed by atoms with E-state index >= 15 is 0 Å². The van der Waals surface area contributed by atoms with Crippen LogP contribution in [0.3, 0.4) is 0 Å². The molecule has 0 atom stereocenters. The Balaban J connectivity index is 1.67. The number of anilines is 1. The first-order chi connectivity index (χ1) is 14.2. The van der Waals surface area contributed by atoms with Crippen LogP contribution in [0.25, 0.3) is 33.1 Å². The van der Waals surface area contributed by atoms with Crippen molar-refractivity contribution in [1.82, 2.24) is 19.9 Å². The van der Waals surface area contributed by atoms with Crippen molar-refractivity contribution in [3.63, 3.8) is 0 Å². The van der Waals surface area contributed by atoms with Gasteiger partial charge in [0.2, 0.25) is 0 Å². The minimum absolute atomic E-state index is 0.114. The monoisotopic (exact) mass is 387 g/mol. The molecule has 0 aliphatic rings. The van der Waals surface area contributed by atoms with E-state index in [2.05, 4.69) is 25.3 Å². The Hall–Kier alpha value is -4.07. The van der Waals surface area contributed by atoms with Crippen LogP contribution in [0.15, 0.2) is 70.4 Å². The number of halogens is 1. The Morgan fingerprint density at radius 3 is 2.66 bits per heavy atom. The predicted octanol–water partition coefficient (Wildman–Crippen LogP) is 3.88. The van der Waals surface area contributed by atoms with E-state index in [1.54, 1.807) is 42.5 Å². The van der Waals surface area contributed by atoms with Gasteiger partial charge in [0.1, 0.15) is 23.4 Å². The summed E-state index contributed by atoms with van der Waals surface area (Å²) in [7, 11) is 0. The zero-order valence-corrected chi connectivity index (χ0v) is 15.0. The summed E-state index contributed by atoms with van der Waals surface area (Å²) in [5.41, 5.74) is 1.54. The fourth-order valence-electron chi connectivity index (χ4n) is 3.39. The molecule has 7 nitrogen and oxygen atoms in total. The van der Waals surface area contributed by atoms with Crippen LogP contribution in [0.5, 0.6) is 0 Å². The highest BCUT2D eigenvalue weighted by Gasteiger charge is 2.18. The molecule has 0 saturated heterocycles. The molecule has 3 heterocycles. The van der Waals surface area contributed by atoms with Crippen molar-refractivity contribution in [1.29, 1.82) is 0 Å². The maximum Gasteiger partial charge on any atom is 0.343 e. The fourth-order valence-corrected chi connectivity index (χ4v) is 3.39. The molecule has 142 valence electrons. The van der Waals surface area contributed by atoms with Gasteiger partial charge < -0.3 is 14.7 Å². The lowest BCUT2D eigenvalue weighted by atomic mass is 9.98. The van der Waals surface area contributed by atoms with Crippen LogP contribution in [-0.2, 0) is 6.54 Å². The number of aromatic nitrogens is 4. The number of nitrogens with zero attached hydrogens (tertiary/aromatic N) is 3. The number of rotatable bonds is 4. The Kier molecular flexibility index (Phi) is 4.02. The Labute approximate surface area is 163 Å². The van der Waals surface area contributed by atoms with Crippen LogP contribution < -0.4 is 10.9 Å². The van der Waals surface area contributed by atoms with Crippen molar-refractivity contribution in [2.24, 2.45) is 0 Å². The van der Waals surface area contributed by atoms with Crippen molar-refractivity contribution in [2.45, 2.75) is 6.54 Å². The highest BCUT2D eigenvalue weighted by molar-refractivity contribution is 5.96. The fraction of sp³-hybridized carbons (Fsp3) is 0.0476. The molecule has 0 bridgehead atoms. The number of hydrogen-bond acceptors (Lipinski definition) is 6. The lowest BCUT2D eigenvalue weighted by Crippen LogP contribution is -2.10. The third-order valence-electron chi connectivity index (χ3n) is 4.69. The summed E-state index contributed by atoms with van der Waals surface area (Å²) >= 11 is 0. The highest BCUT2D eigenvalue weighted by Crippen LogP contribution is 2.33. The smallest absolute Gasteiger partial charge is 0.343 e. The van der Waals surface area contributed by atoms with Gasteiger partial charge in [-0.25, -0.2) is 24.1 Å². The van der Waals surface area contributed by atoms with E-state index in [9.17, 15) is 9.18 Å².